The van der Waals surface area contributed by atoms with Crippen molar-refractivity contribution in [2.24, 2.45) is 5.73 Å². The van der Waals surface area contributed by atoms with Crippen molar-refractivity contribution in [3.05, 3.63) is 46.8 Å². The van der Waals surface area contributed by atoms with Crippen molar-refractivity contribution in [3.63, 3.8) is 0 Å². The molecular formula is C18H28N2O3. The summed E-state index contributed by atoms with van der Waals surface area (Å²) in [6.45, 7) is 8.88. The van der Waals surface area contributed by atoms with E-state index in [4.69, 9.17) is 4.42 Å². The highest BCUT2D eigenvalue weighted by Gasteiger charge is 1.99. The van der Waals surface area contributed by atoms with Gasteiger partial charge in [-0.05, 0) is 39.2 Å². The number of nitrogens with zero attached hydrogens (tertiary/aromatic N) is 1. The van der Waals surface area contributed by atoms with Crippen molar-refractivity contribution >= 4 is 16.8 Å². The fourth-order valence-electron chi connectivity index (χ4n) is 1.87. The molecule has 0 saturated heterocycles. The standard InChI is InChI=1S/C9H6O2.C8H17NO.CH5N/c10-9-6-5-7-3-1-2-4-8(7)11-9;1-4-9(5-2)7-6-8(3)10;1-2/h1-6H;4-7H2,1-3H3;2H2,1H3. The predicted octanol–water partition coefficient (Wildman–Crippen LogP) is 2.68. The highest BCUT2D eigenvalue weighted by atomic mass is 16.4. The molecule has 2 rings (SSSR count). The molecule has 0 saturated carbocycles. The Bertz CT molecular complexity index is 619. The number of para-hydroxylation sites is 1. The Morgan fingerprint density at radius 2 is 1.70 bits per heavy atom. The number of carbonyl (C=O) groups excluding carboxylic acids is 1. The number of fused-ring (bicyclic) bond motifs is 1. The summed E-state index contributed by atoms with van der Waals surface area (Å²) in [6, 6.07) is 10.6. The van der Waals surface area contributed by atoms with E-state index in [1.807, 2.05) is 18.2 Å². The van der Waals surface area contributed by atoms with Crippen LogP contribution in [-0.4, -0.2) is 37.4 Å². The van der Waals surface area contributed by atoms with Crippen LogP contribution >= 0.6 is 0 Å². The average Bonchev–Trinajstić information content (AvgIpc) is 2.58. The number of hydrogen-bond donors (Lipinski definition) is 1. The van der Waals surface area contributed by atoms with Crippen LogP contribution < -0.4 is 11.4 Å². The minimum atomic E-state index is -0.302. The number of nitrogens with two attached hydrogens (primary N) is 1. The third-order valence-electron chi connectivity index (χ3n) is 3.20. The lowest BCUT2D eigenvalue weighted by Crippen LogP contribution is -2.25. The van der Waals surface area contributed by atoms with E-state index in [2.05, 4.69) is 24.5 Å². The Hall–Kier alpha value is -1.98. The first-order valence-electron chi connectivity index (χ1n) is 7.85. The molecule has 5 nitrogen and oxygen atoms in total. The van der Waals surface area contributed by atoms with E-state index in [0.29, 0.717) is 12.0 Å². The van der Waals surface area contributed by atoms with E-state index >= 15 is 0 Å². The summed E-state index contributed by atoms with van der Waals surface area (Å²) in [5.41, 5.74) is 4.84. The minimum Gasteiger partial charge on any atom is -0.423 e. The van der Waals surface area contributed by atoms with E-state index in [0.717, 1.165) is 25.0 Å². The molecule has 0 amide bonds. The molecule has 1 heterocycles. The largest absolute Gasteiger partial charge is 0.423 e. The number of carbonyl (C=O) groups is 1. The van der Waals surface area contributed by atoms with Crippen LogP contribution in [0.15, 0.2) is 45.6 Å². The van der Waals surface area contributed by atoms with Crippen molar-refractivity contribution in [2.75, 3.05) is 26.7 Å². The summed E-state index contributed by atoms with van der Waals surface area (Å²) in [5.74, 6) is 0.284. The molecule has 0 fully saturated rings. The summed E-state index contributed by atoms with van der Waals surface area (Å²) >= 11 is 0. The zero-order valence-electron chi connectivity index (χ0n) is 14.5. The molecule has 0 radical (unpaired) electrons. The lowest BCUT2D eigenvalue weighted by molar-refractivity contribution is -0.117. The molecular weight excluding hydrogens is 292 g/mol. The first kappa shape index (κ1) is 21.0. The smallest absolute Gasteiger partial charge is 0.336 e. The number of benzene rings is 1. The second-order valence-corrected chi connectivity index (χ2v) is 4.77. The summed E-state index contributed by atoms with van der Waals surface area (Å²) < 4.78 is 4.91. The van der Waals surface area contributed by atoms with Gasteiger partial charge >= 0.3 is 5.63 Å². The first-order chi connectivity index (χ1) is 11.1. The Morgan fingerprint density at radius 1 is 1.09 bits per heavy atom. The highest BCUT2D eigenvalue weighted by molar-refractivity contribution is 5.76. The van der Waals surface area contributed by atoms with Gasteiger partial charge in [-0.2, -0.15) is 0 Å². The van der Waals surface area contributed by atoms with Gasteiger partial charge in [0.25, 0.3) is 0 Å². The van der Waals surface area contributed by atoms with Crippen LogP contribution in [0.3, 0.4) is 0 Å². The van der Waals surface area contributed by atoms with Crippen LogP contribution in [0.5, 0.6) is 0 Å². The molecule has 128 valence electrons. The Morgan fingerprint density at radius 3 is 2.26 bits per heavy atom. The lowest BCUT2D eigenvalue weighted by atomic mass is 10.2. The zero-order chi connectivity index (χ0) is 17.7. The van der Waals surface area contributed by atoms with Crippen molar-refractivity contribution in [1.29, 1.82) is 0 Å². The fourth-order valence-corrected chi connectivity index (χ4v) is 1.87. The van der Waals surface area contributed by atoms with Crippen LogP contribution in [0, 0.1) is 0 Å². The van der Waals surface area contributed by atoms with Gasteiger partial charge in [0.2, 0.25) is 0 Å². The van der Waals surface area contributed by atoms with Gasteiger partial charge in [0.15, 0.2) is 0 Å². The topological polar surface area (TPSA) is 76.5 Å². The van der Waals surface area contributed by atoms with Gasteiger partial charge in [0, 0.05) is 24.4 Å². The van der Waals surface area contributed by atoms with Crippen molar-refractivity contribution in [2.45, 2.75) is 27.2 Å². The molecule has 0 spiro atoms. The minimum absolute atomic E-state index is 0.284. The third-order valence-corrected chi connectivity index (χ3v) is 3.20. The summed E-state index contributed by atoms with van der Waals surface area (Å²) in [6.07, 6.45) is 0.696. The molecule has 1 aromatic carbocycles. The quantitative estimate of drug-likeness (QED) is 0.857. The van der Waals surface area contributed by atoms with E-state index in [-0.39, 0.29) is 11.4 Å². The van der Waals surface area contributed by atoms with Crippen molar-refractivity contribution < 1.29 is 9.21 Å². The maximum atomic E-state index is 10.7. The number of ketones is 1. The first-order valence-corrected chi connectivity index (χ1v) is 7.85. The molecule has 0 aliphatic carbocycles. The summed E-state index contributed by atoms with van der Waals surface area (Å²) in [4.78, 5) is 23.5. The van der Waals surface area contributed by atoms with Gasteiger partial charge in [-0.15, -0.1) is 0 Å². The molecule has 0 atom stereocenters. The molecule has 5 heteroatoms. The third kappa shape index (κ3) is 8.90. The van der Waals surface area contributed by atoms with E-state index in [1.54, 1.807) is 19.1 Å². The normalized spacial score (nSPS) is 9.65. The van der Waals surface area contributed by atoms with E-state index < -0.39 is 0 Å². The van der Waals surface area contributed by atoms with Crippen LogP contribution in [0.2, 0.25) is 0 Å². The Kier molecular flexibility index (Phi) is 11.5. The van der Waals surface area contributed by atoms with Crippen LogP contribution in [0.4, 0.5) is 0 Å². The second kappa shape index (κ2) is 12.6. The van der Waals surface area contributed by atoms with Gasteiger partial charge in [0.1, 0.15) is 11.4 Å². The van der Waals surface area contributed by atoms with Gasteiger partial charge in [-0.25, -0.2) is 4.79 Å². The zero-order valence-corrected chi connectivity index (χ0v) is 14.5. The SMILES string of the molecule is CCN(CC)CCC(C)=O.CN.O=c1ccc2ccccc2o1. The number of hydrogen-bond acceptors (Lipinski definition) is 5. The average molecular weight is 320 g/mol. The molecule has 2 N–H and O–H groups in total. The monoisotopic (exact) mass is 320 g/mol. The van der Waals surface area contributed by atoms with E-state index in [1.165, 1.54) is 13.1 Å². The molecule has 1 aromatic heterocycles. The highest BCUT2D eigenvalue weighted by Crippen LogP contribution is 2.08. The number of rotatable bonds is 5. The van der Waals surface area contributed by atoms with Crippen molar-refractivity contribution in [3.8, 4) is 0 Å². The predicted molar refractivity (Wildman–Crippen MR) is 95.7 cm³/mol. The fraction of sp³-hybridized carbons (Fsp3) is 0.444. The van der Waals surface area contributed by atoms with Crippen molar-refractivity contribution in [1.82, 2.24) is 4.90 Å². The maximum Gasteiger partial charge on any atom is 0.336 e. The van der Waals surface area contributed by atoms with Gasteiger partial charge in [-0.1, -0.05) is 32.0 Å². The molecule has 0 aliphatic heterocycles. The summed E-state index contributed by atoms with van der Waals surface area (Å²) in [5, 5.41) is 0.951. The van der Waals surface area contributed by atoms with Crippen LogP contribution in [0.25, 0.3) is 11.0 Å². The molecule has 0 bridgehead atoms. The Balaban J connectivity index is 0.000000383. The number of Topliss-reactive ketones (excluding diaryl/α,β-unsaturated/α-hetero) is 1. The van der Waals surface area contributed by atoms with Gasteiger partial charge in [-0.3, -0.25) is 4.79 Å². The molecule has 0 aliphatic rings. The van der Waals surface area contributed by atoms with Gasteiger partial charge in [0.05, 0.1) is 0 Å². The lowest BCUT2D eigenvalue weighted by Gasteiger charge is -2.16. The van der Waals surface area contributed by atoms with E-state index in [9.17, 15) is 9.59 Å². The molecule has 2 aromatic rings. The van der Waals surface area contributed by atoms with Crippen LogP contribution in [-0.2, 0) is 4.79 Å². The molecule has 23 heavy (non-hydrogen) atoms. The Labute approximate surface area is 138 Å². The molecule has 0 unspecified atom stereocenters. The summed E-state index contributed by atoms with van der Waals surface area (Å²) in [7, 11) is 1.50. The maximum absolute atomic E-state index is 10.7. The van der Waals surface area contributed by atoms with Crippen LogP contribution in [0.1, 0.15) is 27.2 Å². The second-order valence-electron chi connectivity index (χ2n) is 4.77. The van der Waals surface area contributed by atoms with Gasteiger partial charge < -0.3 is 15.1 Å².